The number of aromatic nitrogens is 3. The van der Waals surface area contributed by atoms with Gasteiger partial charge in [-0.25, -0.2) is 4.79 Å². The van der Waals surface area contributed by atoms with Gasteiger partial charge in [0.25, 0.3) is 0 Å². The Balaban J connectivity index is 1.67. The Morgan fingerprint density at radius 1 is 1.29 bits per heavy atom. The molecule has 2 aromatic heterocycles. The van der Waals surface area contributed by atoms with Crippen LogP contribution < -0.4 is 5.32 Å². The van der Waals surface area contributed by atoms with Gasteiger partial charge in [-0.2, -0.15) is 5.10 Å². The molecule has 1 aliphatic heterocycles. The number of carbonyl (C=O) groups excluding carboxylic acids is 1. The summed E-state index contributed by atoms with van der Waals surface area (Å²) in [4.78, 5) is 21.6. The summed E-state index contributed by atoms with van der Waals surface area (Å²) in [5, 5.41) is 7.70. The molecule has 0 bridgehead atoms. The van der Waals surface area contributed by atoms with E-state index in [0.717, 1.165) is 42.9 Å². The third-order valence-electron chi connectivity index (χ3n) is 5.41. The Bertz CT molecular complexity index is 766. The topological polar surface area (TPSA) is 66.3 Å². The van der Waals surface area contributed by atoms with E-state index in [0.29, 0.717) is 13.1 Å². The van der Waals surface area contributed by atoms with E-state index >= 15 is 0 Å². The first-order valence-corrected chi connectivity index (χ1v) is 10.1. The molecule has 2 aromatic rings. The van der Waals surface area contributed by atoms with E-state index < -0.39 is 0 Å². The van der Waals surface area contributed by atoms with E-state index in [1.54, 1.807) is 12.4 Å². The van der Waals surface area contributed by atoms with Crippen molar-refractivity contribution in [3.8, 4) is 0 Å². The highest BCUT2D eigenvalue weighted by Crippen LogP contribution is 2.19. The van der Waals surface area contributed by atoms with Crippen molar-refractivity contribution in [1.82, 2.24) is 29.9 Å². The van der Waals surface area contributed by atoms with Crippen LogP contribution in [0, 0.1) is 13.8 Å². The average molecular weight is 385 g/mol. The molecule has 0 radical (unpaired) electrons. The number of urea groups is 1. The highest BCUT2D eigenvalue weighted by atomic mass is 16.2. The number of nitrogens with zero attached hydrogens (tertiary/aromatic N) is 5. The number of nitrogens with one attached hydrogen (secondary N) is 1. The Morgan fingerprint density at radius 3 is 2.57 bits per heavy atom. The summed E-state index contributed by atoms with van der Waals surface area (Å²) in [6.07, 6.45) is 5.57. The van der Waals surface area contributed by atoms with Gasteiger partial charge in [-0.15, -0.1) is 0 Å². The van der Waals surface area contributed by atoms with Crippen molar-refractivity contribution < 1.29 is 4.79 Å². The van der Waals surface area contributed by atoms with Crippen LogP contribution in [-0.4, -0.2) is 62.8 Å². The summed E-state index contributed by atoms with van der Waals surface area (Å²) >= 11 is 0. The number of hydrogen-bond acceptors (Lipinski definition) is 4. The SMILES string of the molecule is Cc1cc(C)n(C[C@@H](C)NC(=O)N(Cc2ccncc2)C2CCN(C)CC2)n1. The van der Waals surface area contributed by atoms with E-state index in [1.807, 2.05) is 42.5 Å². The van der Waals surface area contributed by atoms with Crippen LogP contribution in [-0.2, 0) is 13.1 Å². The predicted molar refractivity (Wildman–Crippen MR) is 110 cm³/mol. The smallest absolute Gasteiger partial charge is 0.318 e. The quantitative estimate of drug-likeness (QED) is 0.831. The predicted octanol–water partition coefficient (Wildman–Crippen LogP) is 2.59. The van der Waals surface area contributed by atoms with E-state index in [1.165, 1.54) is 0 Å². The van der Waals surface area contributed by atoms with Crippen molar-refractivity contribution in [3.63, 3.8) is 0 Å². The second-order valence-electron chi connectivity index (χ2n) is 7.98. The van der Waals surface area contributed by atoms with E-state index in [9.17, 15) is 4.79 Å². The van der Waals surface area contributed by atoms with Crippen LogP contribution in [0.5, 0.6) is 0 Å². The van der Waals surface area contributed by atoms with Crippen LogP contribution in [0.1, 0.15) is 36.7 Å². The number of hydrogen-bond donors (Lipinski definition) is 1. The standard InChI is InChI=1S/C21H32N6O/c1-16-13-18(3)27(24-16)14-17(2)23-21(28)26(15-19-5-9-22-10-6-19)20-7-11-25(4)12-8-20/h5-6,9-10,13,17,20H,7-8,11-12,14-15H2,1-4H3,(H,23,28)/t17-/m1/s1. The van der Waals surface area contributed by atoms with Crippen LogP contribution in [0.2, 0.25) is 0 Å². The first-order valence-electron chi connectivity index (χ1n) is 10.1. The number of likely N-dealkylation sites (tertiary alicyclic amines) is 1. The fraction of sp³-hybridized carbons (Fsp3) is 0.571. The molecule has 0 aliphatic carbocycles. The van der Waals surface area contributed by atoms with Gasteiger partial charge in [0, 0.05) is 36.7 Å². The third kappa shape index (κ3) is 5.32. The molecule has 0 saturated carbocycles. The van der Waals surface area contributed by atoms with Gasteiger partial charge >= 0.3 is 6.03 Å². The van der Waals surface area contributed by atoms with Gasteiger partial charge in [0.2, 0.25) is 0 Å². The van der Waals surface area contributed by atoms with Crippen molar-refractivity contribution in [2.24, 2.45) is 0 Å². The third-order valence-corrected chi connectivity index (χ3v) is 5.41. The molecule has 0 aromatic carbocycles. The lowest BCUT2D eigenvalue weighted by Crippen LogP contribution is -2.52. The zero-order valence-corrected chi connectivity index (χ0v) is 17.4. The van der Waals surface area contributed by atoms with Crippen molar-refractivity contribution >= 4 is 6.03 Å². The lowest BCUT2D eigenvalue weighted by Gasteiger charge is -2.38. The van der Waals surface area contributed by atoms with Gasteiger partial charge in [0.1, 0.15) is 0 Å². The maximum Gasteiger partial charge on any atom is 0.318 e. The Hall–Kier alpha value is -2.41. The Morgan fingerprint density at radius 2 is 1.96 bits per heavy atom. The highest BCUT2D eigenvalue weighted by Gasteiger charge is 2.28. The lowest BCUT2D eigenvalue weighted by molar-refractivity contribution is 0.125. The van der Waals surface area contributed by atoms with Crippen molar-refractivity contribution in [2.45, 2.75) is 58.8 Å². The summed E-state index contributed by atoms with van der Waals surface area (Å²) in [5.41, 5.74) is 3.22. The molecule has 1 aliphatic rings. The van der Waals surface area contributed by atoms with E-state index in [4.69, 9.17) is 0 Å². The minimum Gasteiger partial charge on any atom is -0.334 e. The fourth-order valence-electron chi connectivity index (χ4n) is 3.82. The summed E-state index contributed by atoms with van der Waals surface area (Å²) in [5.74, 6) is 0. The number of amides is 2. The largest absolute Gasteiger partial charge is 0.334 e. The molecule has 0 unspecified atom stereocenters. The zero-order chi connectivity index (χ0) is 20.1. The van der Waals surface area contributed by atoms with Crippen molar-refractivity contribution in [3.05, 3.63) is 47.5 Å². The Labute approximate surface area is 167 Å². The highest BCUT2D eigenvalue weighted by molar-refractivity contribution is 5.75. The summed E-state index contributed by atoms with van der Waals surface area (Å²) in [6, 6.07) is 6.27. The normalized spacial score (nSPS) is 16.7. The second-order valence-corrected chi connectivity index (χ2v) is 7.98. The first kappa shape index (κ1) is 20.3. The van der Waals surface area contributed by atoms with E-state index in [-0.39, 0.29) is 18.1 Å². The van der Waals surface area contributed by atoms with Gasteiger partial charge in [-0.05, 0) is 77.5 Å². The number of aryl methyl sites for hydroxylation is 2. The Kier molecular flexibility index (Phi) is 6.67. The van der Waals surface area contributed by atoms with Crippen LogP contribution in [0.4, 0.5) is 4.79 Å². The number of piperidine rings is 1. The molecule has 1 atom stereocenters. The summed E-state index contributed by atoms with van der Waals surface area (Å²) in [6.45, 7) is 9.38. The molecule has 0 spiro atoms. The molecule has 28 heavy (non-hydrogen) atoms. The van der Waals surface area contributed by atoms with E-state index in [2.05, 4.69) is 33.4 Å². The molecular formula is C21H32N6O. The minimum absolute atomic E-state index is 0.000367. The molecule has 7 heteroatoms. The molecule has 2 amide bonds. The molecule has 7 nitrogen and oxygen atoms in total. The van der Waals surface area contributed by atoms with Gasteiger partial charge < -0.3 is 15.1 Å². The summed E-state index contributed by atoms with van der Waals surface area (Å²) in [7, 11) is 2.14. The molecule has 152 valence electrons. The van der Waals surface area contributed by atoms with Gasteiger partial charge in [-0.3, -0.25) is 9.67 Å². The maximum atomic E-state index is 13.2. The number of pyridine rings is 1. The first-order chi connectivity index (χ1) is 13.4. The molecule has 3 rings (SSSR count). The molecular weight excluding hydrogens is 352 g/mol. The molecule has 1 saturated heterocycles. The van der Waals surface area contributed by atoms with Gasteiger partial charge in [0.05, 0.1) is 12.2 Å². The lowest BCUT2D eigenvalue weighted by atomic mass is 10.0. The average Bonchev–Trinajstić information content (AvgIpc) is 2.98. The van der Waals surface area contributed by atoms with Crippen molar-refractivity contribution in [1.29, 1.82) is 0 Å². The van der Waals surface area contributed by atoms with Gasteiger partial charge in [-0.1, -0.05) is 0 Å². The molecule has 1 N–H and O–H groups in total. The van der Waals surface area contributed by atoms with Crippen molar-refractivity contribution in [2.75, 3.05) is 20.1 Å². The van der Waals surface area contributed by atoms with Crippen LogP contribution >= 0.6 is 0 Å². The zero-order valence-electron chi connectivity index (χ0n) is 17.4. The van der Waals surface area contributed by atoms with Crippen LogP contribution in [0.25, 0.3) is 0 Å². The minimum atomic E-state index is -0.00305. The fourth-order valence-corrected chi connectivity index (χ4v) is 3.82. The monoisotopic (exact) mass is 384 g/mol. The van der Waals surface area contributed by atoms with Crippen LogP contribution in [0.15, 0.2) is 30.6 Å². The molecule has 1 fully saturated rings. The number of carbonyl (C=O) groups is 1. The number of rotatable bonds is 6. The molecule has 3 heterocycles. The summed E-state index contributed by atoms with van der Waals surface area (Å²) < 4.78 is 1.96. The van der Waals surface area contributed by atoms with Crippen LogP contribution in [0.3, 0.4) is 0 Å². The van der Waals surface area contributed by atoms with Gasteiger partial charge in [0.15, 0.2) is 0 Å². The second kappa shape index (κ2) is 9.19. The maximum absolute atomic E-state index is 13.2.